The summed E-state index contributed by atoms with van der Waals surface area (Å²) in [6, 6.07) is 0. The molecule has 0 bridgehead atoms. The highest BCUT2D eigenvalue weighted by molar-refractivity contribution is 5.85. The van der Waals surface area contributed by atoms with Crippen LogP contribution in [-0.2, 0) is 0 Å². The third-order valence-electron chi connectivity index (χ3n) is 1.08. The average Bonchev–Trinajstić information content (AvgIpc) is 2.31. The zero-order valence-electron chi connectivity index (χ0n) is 6.28. The molecule has 1 aromatic rings. The molecule has 1 heterocycles. The number of aromatic amines is 1. The third kappa shape index (κ3) is 3.66. The van der Waals surface area contributed by atoms with E-state index in [0.29, 0.717) is 18.1 Å². The lowest BCUT2D eigenvalue weighted by molar-refractivity contribution is 0.311. The number of aliphatic hydroxyl groups excluding tert-OH is 1. The van der Waals surface area contributed by atoms with E-state index in [2.05, 4.69) is 15.5 Å². The normalized spacial score (nSPS) is 8.08. The first-order valence-electron chi connectivity index (χ1n) is 2.98. The van der Waals surface area contributed by atoms with Gasteiger partial charge in [-0.05, 0) is 0 Å². The van der Waals surface area contributed by atoms with Crippen LogP contribution in [-0.4, -0.2) is 28.5 Å². The highest BCUT2D eigenvalue weighted by Crippen LogP contribution is 2.10. The van der Waals surface area contributed by atoms with Crippen molar-refractivity contribution in [1.29, 1.82) is 0 Å². The molecule has 0 amide bonds. The molecule has 0 aromatic carbocycles. The van der Waals surface area contributed by atoms with Gasteiger partial charge in [0, 0.05) is 6.54 Å². The van der Waals surface area contributed by atoms with Gasteiger partial charge in [-0.15, -0.1) is 24.8 Å². The van der Waals surface area contributed by atoms with E-state index in [1.54, 1.807) is 0 Å². The molecule has 12 heavy (non-hydrogen) atoms. The Kier molecular flexibility index (Phi) is 8.14. The van der Waals surface area contributed by atoms with E-state index >= 15 is 0 Å². The van der Waals surface area contributed by atoms with Crippen molar-refractivity contribution >= 4 is 36.3 Å². The van der Waals surface area contributed by atoms with Crippen molar-refractivity contribution in [1.82, 2.24) is 10.2 Å². The Hall–Kier alpha value is -0.650. The summed E-state index contributed by atoms with van der Waals surface area (Å²) >= 11 is 0. The number of aliphatic hydroxyl groups is 1. The topological polar surface area (TPSA) is 87.0 Å². The Labute approximate surface area is 82.5 Å². The van der Waals surface area contributed by atoms with Gasteiger partial charge in [-0.1, -0.05) is 0 Å². The predicted octanol–water partition coefficient (Wildman–Crippen LogP) is 0.240. The van der Waals surface area contributed by atoms with Crippen LogP contribution in [0.1, 0.15) is 0 Å². The SMILES string of the molecule is Cl.Cl.Nc1cn[nH]c1NCCO. The molecule has 0 saturated carbocycles. The molecule has 0 aliphatic rings. The van der Waals surface area contributed by atoms with Crippen molar-refractivity contribution in [3.05, 3.63) is 6.20 Å². The van der Waals surface area contributed by atoms with Crippen LogP contribution in [0.25, 0.3) is 0 Å². The van der Waals surface area contributed by atoms with Gasteiger partial charge < -0.3 is 16.2 Å². The van der Waals surface area contributed by atoms with Crippen LogP contribution in [0.2, 0.25) is 0 Å². The number of halogens is 2. The molecule has 0 aliphatic heterocycles. The van der Waals surface area contributed by atoms with Crippen molar-refractivity contribution in [3.8, 4) is 0 Å². The van der Waals surface area contributed by atoms with Gasteiger partial charge in [0.05, 0.1) is 18.5 Å². The second-order valence-corrected chi connectivity index (χ2v) is 1.85. The minimum atomic E-state index is 0. The lowest BCUT2D eigenvalue weighted by atomic mass is 10.5. The summed E-state index contributed by atoms with van der Waals surface area (Å²) in [6.45, 7) is 0.560. The molecule has 0 saturated heterocycles. The number of aromatic nitrogens is 2. The number of anilines is 2. The maximum atomic E-state index is 8.42. The van der Waals surface area contributed by atoms with E-state index in [1.807, 2.05) is 0 Å². The van der Waals surface area contributed by atoms with Gasteiger partial charge in [0.15, 0.2) is 0 Å². The van der Waals surface area contributed by atoms with Crippen LogP contribution in [0.15, 0.2) is 6.20 Å². The molecule has 0 atom stereocenters. The lowest BCUT2D eigenvalue weighted by Crippen LogP contribution is -2.07. The monoisotopic (exact) mass is 214 g/mol. The smallest absolute Gasteiger partial charge is 0.145 e. The molecule has 7 heteroatoms. The van der Waals surface area contributed by atoms with Gasteiger partial charge in [-0.2, -0.15) is 5.10 Å². The second kappa shape index (κ2) is 7.02. The maximum Gasteiger partial charge on any atom is 0.145 e. The zero-order chi connectivity index (χ0) is 7.40. The Bertz CT molecular complexity index is 205. The van der Waals surface area contributed by atoms with E-state index in [4.69, 9.17) is 10.8 Å². The standard InChI is InChI=1S/C5H10N4O.2ClH/c6-4-3-8-9-5(4)7-1-2-10;;/h3,10H,1-2,6H2,(H2,7,8,9);2*1H. The van der Waals surface area contributed by atoms with Gasteiger partial charge in [-0.25, -0.2) is 0 Å². The molecular formula is C5H12Cl2N4O. The highest BCUT2D eigenvalue weighted by atomic mass is 35.5. The van der Waals surface area contributed by atoms with Crippen LogP contribution in [0, 0.1) is 0 Å². The van der Waals surface area contributed by atoms with Crippen molar-refractivity contribution in [2.45, 2.75) is 0 Å². The minimum absolute atomic E-state index is 0. The summed E-state index contributed by atoms with van der Waals surface area (Å²) in [4.78, 5) is 0. The van der Waals surface area contributed by atoms with Crippen molar-refractivity contribution in [2.24, 2.45) is 0 Å². The number of nitrogens with zero attached hydrogens (tertiary/aromatic N) is 1. The van der Waals surface area contributed by atoms with E-state index in [9.17, 15) is 0 Å². The van der Waals surface area contributed by atoms with Gasteiger partial charge in [0.2, 0.25) is 0 Å². The molecule has 0 spiro atoms. The molecule has 0 fully saturated rings. The number of hydrogen-bond acceptors (Lipinski definition) is 4. The first-order valence-corrected chi connectivity index (χ1v) is 2.98. The van der Waals surface area contributed by atoms with Crippen molar-refractivity contribution < 1.29 is 5.11 Å². The van der Waals surface area contributed by atoms with Gasteiger partial charge in [0.1, 0.15) is 5.82 Å². The Morgan fingerprint density at radius 3 is 2.67 bits per heavy atom. The van der Waals surface area contributed by atoms with E-state index < -0.39 is 0 Å². The molecule has 0 radical (unpaired) electrons. The van der Waals surface area contributed by atoms with Crippen LogP contribution in [0.5, 0.6) is 0 Å². The molecule has 1 aromatic heterocycles. The van der Waals surface area contributed by atoms with Crippen LogP contribution >= 0.6 is 24.8 Å². The number of H-pyrrole nitrogens is 1. The minimum Gasteiger partial charge on any atom is -0.395 e. The van der Waals surface area contributed by atoms with Crippen molar-refractivity contribution in [2.75, 3.05) is 24.2 Å². The Balaban J connectivity index is 0. The fourth-order valence-corrected chi connectivity index (χ4v) is 0.618. The lowest BCUT2D eigenvalue weighted by Gasteiger charge is -1.99. The summed E-state index contributed by atoms with van der Waals surface area (Å²) in [7, 11) is 0. The van der Waals surface area contributed by atoms with E-state index in [0.717, 1.165) is 0 Å². The largest absolute Gasteiger partial charge is 0.395 e. The molecule has 0 unspecified atom stereocenters. The molecular weight excluding hydrogens is 203 g/mol. The molecule has 72 valence electrons. The summed E-state index contributed by atoms with van der Waals surface area (Å²) in [5.41, 5.74) is 6.01. The fraction of sp³-hybridized carbons (Fsp3) is 0.400. The molecule has 1 rings (SSSR count). The Morgan fingerprint density at radius 1 is 1.58 bits per heavy atom. The van der Waals surface area contributed by atoms with Crippen LogP contribution < -0.4 is 11.1 Å². The number of nitrogens with one attached hydrogen (secondary N) is 2. The number of hydrogen-bond donors (Lipinski definition) is 4. The Morgan fingerprint density at radius 2 is 2.25 bits per heavy atom. The highest BCUT2D eigenvalue weighted by Gasteiger charge is 1.96. The fourth-order valence-electron chi connectivity index (χ4n) is 0.618. The first-order chi connectivity index (χ1) is 4.84. The predicted molar refractivity (Wildman–Crippen MR) is 53.1 cm³/mol. The third-order valence-corrected chi connectivity index (χ3v) is 1.08. The maximum absolute atomic E-state index is 8.42. The van der Waals surface area contributed by atoms with E-state index in [-0.39, 0.29) is 31.4 Å². The molecule has 0 aliphatic carbocycles. The van der Waals surface area contributed by atoms with Crippen LogP contribution in [0.3, 0.4) is 0 Å². The molecule has 5 nitrogen and oxygen atoms in total. The van der Waals surface area contributed by atoms with Crippen molar-refractivity contribution in [3.63, 3.8) is 0 Å². The number of nitrogen functional groups attached to an aromatic ring is 1. The molecule has 5 N–H and O–H groups in total. The van der Waals surface area contributed by atoms with E-state index in [1.165, 1.54) is 6.20 Å². The summed E-state index contributed by atoms with van der Waals surface area (Å²) in [5, 5.41) is 17.6. The second-order valence-electron chi connectivity index (χ2n) is 1.85. The van der Waals surface area contributed by atoms with Crippen LogP contribution in [0.4, 0.5) is 11.5 Å². The van der Waals surface area contributed by atoms with Gasteiger partial charge in [-0.3, -0.25) is 5.10 Å². The number of nitrogens with two attached hydrogens (primary N) is 1. The summed E-state index contributed by atoms with van der Waals surface area (Å²) < 4.78 is 0. The quantitative estimate of drug-likeness (QED) is 0.581. The van der Waals surface area contributed by atoms with Gasteiger partial charge >= 0.3 is 0 Å². The summed E-state index contributed by atoms with van der Waals surface area (Å²) in [6.07, 6.45) is 1.51. The first kappa shape index (κ1) is 13.9. The average molecular weight is 215 g/mol. The summed E-state index contributed by atoms with van der Waals surface area (Å²) in [5.74, 6) is 0.661. The number of rotatable bonds is 3. The zero-order valence-corrected chi connectivity index (χ0v) is 7.91. The van der Waals surface area contributed by atoms with Gasteiger partial charge in [0.25, 0.3) is 0 Å².